The number of aryl methyl sites for hydroxylation is 1. The van der Waals surface area contributed by atoms with Crippen LogP contribution in [-0.4, -0.2) is 68.6 Å². The summed E-state index contributed by atoms with van der Waals surface area (Å²) in [6, 6.07) is 9.35. The molecule has 4 atom stereocenters. The second kappa shape index (κ2) is 12.8. The van der Waals surface area contributed by atoms with Gasteiger partial charge in [-0.2, -0.15) is 0 Å². The molecule has 0 spiro atoms. The smallest absolute Gasteiger partial charge is 0.309 e. The molecule has 0 bridgehead atoms. The molecule has 0 saturated carbocycles. The Morgan fingerprint density at radius 1 is 1.12 bits per heavy atom. The van der Waals surface area contributed by atoms with Crippen molar-refractivity contribution in [3.63, 3.8) is 0 Å². The van der Waals surface area contributed by atoms with Crippen LogP contribution in [0.5, 0.6) is 11.5 Å². The fraction of sp³-hybridized carbons (Fsp3) is 0.406. The third-order valence-electron chi connectivity index (χ3n) is 8.43. The number of phenols is 2. The highest BCUT2D eigenvalue weighted by atomic mass is 35.5. The lowest BCUT2D eigenvalue weighted by Gasteiger charge is -2.34. The normalized spacial score (nSPS) is 22.3. The summed E-state index contributed by atoms with van der Waals surface area (Å²) in [6.07, 6.45) is 5.21. The zero-order valence-electron chi connectivity index (χ0n) is 24.4. The second-order valence-corrected chi connectivity index (χ2v) is 11.7. The number of esters is 1. The number of ether oxygens (including phenoxy) is 1. The van der Waals surface area contributed by atoms with E-state index >= 15 is 0 Å². The van der Waals surface area contributed by atoms with Gasteiger partial charge >= 0.3 is 5.97 Å². The number of cyclic esters (lactones) is 1. The highest BCUT2D eigenvalue weighted by Crippen LogP contribution is 2.43. The number of imidazole rings is 1. The van der Waals surface area contributed by atoms with E-state index in [2.05, 4.69) is 4.98 Å². The monoisotopic (exact) mass is 609 g/mol. The number of likely N-dealkylation sites (tertiary alicyclic amines) is 1. The number of nitrogens with zero attached hydrogens (tertiary/aromatic N) is 3. The molecule has 2 aromatic heterocycles. The van der Waals surface area contributed by atoms with Gasteiger partial charge in [-0.05, 0) is 45.0 Å². The molecule has 3 N–H and O–H groups in total. The highest BCUT2D eigenvalue weighted by Gasteiger charge is 2.36. The van der Waals surface area contributed by atoms with E-state index in [9.17, 15) is 24.9 Å². The maximum Gasteiger partial charge on any atom is 0.309 e. The van der Waals surface area contributed by atoms with Crippen molar-refractivity contribution in [2.24, 2.45) is 18.9 Å². The first-order valence-electron chi connectivity index (χ1n) is 14.3. The van der Waals surface area contributed by atoms with E-state index in [1.165, 1.54) is 6.07 Å². The van der Waals surface area contributed by atoms with Crippen molar-refractivity contribution in [1.29, 1.82) is 0 Å². The fourth-order valence-corrected chi connectivity index (χ4v) is 6.28. The average Bonchev–Trinajstić information content (AvgIpc) is 3.53. The van der Waals surface area contributed by atoms with Crippen LogP contribution in [-0.2, 0) is 23.0 Å². The molecule has 2 saturated heterocycles. The van der Waals surface area contributed by atoms with Crippen molar-refractivity contribution in [3.05, 3.63) is 75.4 Å². The molecule has 10 nitrogen and oxygen atoms in total. The Morgan fingerprint density at radius 3 is 2.56 bits per heavy atom. The zero-order valence-corrected chi connectivity index (χ0v) is 25.1. The first-order chi connectivity index (χ1) is 20.6. The molecular formula is C32H36ClN3O7. The number of rotatable bonds is 5. The predicted octanol–water partition coefficient (Wildman–Crippen LogP) is 4.47. The van der Waals surface area contributed by atoms with Gasteiger partial charge in [-0.1, -0.05) is 30.7 Å². The van der Waals surface area contributed by atoms with E-state index < -0.39 is 17.5 Å². The number of hydrogen-bond donors (Lipinski definition) is 3. The van der Waals surface area contributed by atoms with Crippen LogP contribution in [0.1, 0.15) is 36.9 Å². The minimum absolute atomic E-state index is 0.0188. The average molecular weight is 610 g/mol. The molecule has 4 aromatic rings. The van der Waals surface area contributed by atoms with Gasteiger partial charge < -0.3 is 33.9 Å². The Hall–Kier alpha value is -3.86. The second-order valence-electron chi connectivity index (χ2n) is 11.3. The molecule has 0 amide bonds. The summed E-state index contributed by atoms with van der Waals surface area (Å²) in [5, 5.41) is 31.8. The van der Waals surface area contributed by atoms with Crippen molar-refractivity contribution in [2.45, 2.75) is 38.2 Å². The van der Waals surface area contributed by atoms with E-state index in [1.54, 1.807) is 30.6 Å². The van der Waals surface area contributed by atoms with Gasteiger partial charge in [-0.25, -0.2) is 4.98 Å². The summed E-state index contributed by atoms with van der Waals surface area (Å²) in [4.78, 5) is 30.2. The summed E-state index contributed by atoms with van der Waals surface area (Å²) in [5.74, 6) is -0.417. The summed E-state index contributed by atoms with van der Waals surface area (Å²) >= 11 is 6.25. The molecule has 0 radical (unpaired) electrons. The zero-order chi connectivity index (χ0) is 30.8. The number of β-amino-alcohol motifs (C(OH)–C–C–N with tert-alkyl or cyclic N) is 1. The summed E-state index contributed by atoms with van der Waals surface area (Å²) in [5.41, 5.74) is 1.66. The van der Waals surface area contributed by atoms with E-state index in [0.29, 0.717) is 41.6 Å². The minimum Gasteiger partial charge on any atom is -0.507 e. The third kappa shape index (κ3) is 6.27. The van der Waals surface area contributed by atoms with Crippen molar-refractivity contribution < 1.29 is 29.3 Å². The maximum absolute atomic E-state index is 12.8. The van der Waals surface area contributed by atoms with Gasteiger partial charge in [0.15, 0.2) is 5.43 Å². The van der Waals surface area contributed by atoms with Crippen molar-refractivity contribution >= 4 is 28.5 Å². The molecule has 228 valence electrons. The molecule has 0 unspecified atom stereocenters. The van der Waals surface area contributed by atoms with Gasteiger partial charge in [0.05, 0.1) is 30.0 Å². The van der Waals surface area contributed by atoms with Gasteiger partial charge in [0.2, 0.25) is 0 Å². The van der Waals surface area contributed by atoms with E-state index in [4.69, 9.17) is 20.8 Å². The number of carbonyl (C=O) groups excluding carboxylic acids is 1. The largest absolute Gasteiger partial charge is 0.507 e. The first kappa shape index (κ1) is 30.6. The van der Waals surface area contributed by atoms with Gasteiger partial charge in [0.25, 0.3) is 0 Å². The van der Waals surface area contributed by atoms with Gasteiger partial charge in [0.1, 0.15) is 28.2 Å². The van der Waals surface area contributed by atoms with E-state index in [1.807, 2.05) is 36.7 Å². The number of piperidine rings is 1. The van der Waals surface area contributed by atoms with Crippen LogP contribution in [0.4, 0.5) is 0 Å². The number of aliphatic hydroxyl groups is 1. The Balaban J connectivity index is 0.000000207. The van der Waals surface area contributed by atoms with Crippen LogP contribution in [0.3, 0.4) is 0 Å². The lowest BCUT2D eigenvalue weighted by Crippen LogP contribution is -2.40. The third-order valence-corrected chi connectivity index (χ3v) is 8.76. The van der Waals surface area contributed by atoms with Gasteiger partial charge in [-0.3, -0.25) is 9.59 Å². The molecule has 2 aliphatic heterocycles. The Bertz CT molecular complexity index is 1680. The van der Waals surface area contributed by atoms with E-state index in [-0.39, 0.29) is 40.1 Å². The van der Waals surface area contributed by atoms with Crippen LogP contribution in [0.25, 0.3) is 22.3 Å². The number of aromatic nitrogens is 2. The first-order valence-corrected chi connectivity index (χ1v) is 14.7. The number of carbonyl (C=O) groups is 1. The number of aromatic hydroxyl groups is 2. The molecule has 2 aliphatic rings. The van der Waals surface area contributed by atoms with Crippen LogP contribution in [0.15, 0.2) is 58.1 Å². The number of hydrogen-bond acceptors (Lipinski definition) is 9. The number of likely N-dealkylation sites (N-methyl/N-ethyl adjacent to an activating group) is 1. The number of aliphatic hydroxyl groups excluding tert-OH is 1. The van der Waals surface area contributed by atoms with Crippen LogP contribution in [0, 0.1) is 11.8 Å². The van der Waals surface area contributed by atoms with Crippen LogP contribution < -0.4 is 5.43 Å². The molecule has 43 heavy (non-hydrogen) atoms. The Morgan fingerprint density at radius 2 is 1.88 bits per heavy atom. The maximum atomic E-state index is 12.8. The van der Waals surface area contributed by atoms with Crippen LogP contribution >= 0.6 is 11.6 Å². The summed E-state index contributed by atoms with van der Waals surface area (Å²) < 4.78 is 13.1. The van der Waals surface area contributed by atoms with Crippen molar-refractivity contribution in [2.75, 3.05) is 26.7 Å². The number of benzene rings is 2. The lowest BCUT2D eigenvalue weighted by molar-refractivity contribution is -0.141. The molecule has 4 heterocycles. The lowest BCUT2D eigenvalue weighted by atomic mass is 9.85. The molecule has 6 rings (SSSR count). The van der Waals surface area contributed by atoms with Crippen LogP contribution in [0.2, 0.25) is 5.02 Å². The van der Waals surface area contributed by atoms with Gasteiger partial charge in [0, 0.05) is 60.6 Å². The van der Waals surface area contributed by atoms with Gasteiger partial charge in [-0.15, -0.1) is 0 Å². The molecule has 11 heteroatoms. The van der Waals surface area contributed by atoms with Crippen molar-refractivity contribution in [1.82, 2.24) is 14.5 Å². The Kier molecular flexibility index (Phi) is 9.10. The minimum atomic E-state index is -0.744. The standard InChI is InChI=1S/C21H20ClNO5.C11H16N2O2/c1-23-7-6-12(17(27)10-23)19-14(24)8-15(25)20-16(26)9-18(28-21(19)20)11-4-2-3-5-13(11)22;1-3-10-8(6-15-11(10)14)4-9-5-12-7-13(9)2/h2-5,8-9,12,17,24-25,27H,6-7,10H2,1H3;5,7-8,10H,3-4,6H2,1-2H3/t12-,17+;8-,10-/m10/s1. The van der Waals surface area contributed by atoms with E-state index in [0.717, 1.165) is 31.1 Å². The quantitative estimate of drug-likeness (QED) is 0.280. The molecule has 2 aromatic carbocycles. The Labute approximate surface area is 254 Å². The van der Waals surface area contributed by atoms with Crippen molar-refractivity contribution in [3.8, 4) is 22.8 Å². The predicted molar refractivity (Wildman–Crippen MR) is 162 cm³/mol. The number of fused-ring (bicyclic) bond motifs is 1. The highest BCUT2D eigenvalue weighted by molar-refractivity contribution is 6.33. The molecule has 2 fully saturated rings. The topological polar surface area (TPSA) is 138 Å². The summed E-state index contributed by atoms with van der Waals surface area (Å²) in [7, 11) is 3.88. The molecule has 0 aliphatic carbocycles. The number of phenolic OH excluding ortho intramolecular Hbond substituents is 2. The molecular weight excluding hydrogens is 574 g/mol. The summed E-state index contributed by atoms with van der Waals surface area (Å²) in [6.45, 7) is 3.74. The SMILES string of the molecule is CC[C@@H]1C(=O)OC[C@@H]1Cc1cncn1C.CN1CC[C@@H](c2c(O)cc(O)c3c(=O)cc(-c4ccccc4Cl)oc23)[C@@H](O)C1. The number of halogens is 1. The fourth-order valence-electron chi connectivity index (χ4n) is 6.06.